The van der Waals surface area contributed by atoms with Crippen LogP contribution in [0.3, 0.4) is 0 Å². The molecule has 2 aliphatic rings. The van der Waals surface area contributed by atoms with Crippen LogP contribution in [0.4, 0.5) is 0 Å². The molecule has 1 heteroatoms. The minimum Gasteiger partial charge on any atom is -0.299 e. The molecule has 1 nitrogen and oxygen atoms in total. The first-order valence-corrected chi connectivity index (χ1v) is 9.32. The highest BCUT2D eigenvalue weighted by Crippen LogP contribution is 2.55. The molecule has 0 radical (unpaired) electrons. The first-order chi connectivity index (χ1) is 9.79. The van der Waals surface area contributed by atoms with Crippen LogP contribution >= 0.6 is 0 Å². The molecule has 5 atom stereocenters. The van der Waals surface area contributed by atoms with Gasteiger partial charge in [0.05, 0.1) is 0 Å². The van der Waals surface area contributed by atoms with Crippen LogP contribution < -0.4 is 0 Å². The number of hydrogen-bond acceptors (Lipinski definition) is 1. The lowest BCUT2D eigenvalue weighted by Gasteiger charge is -2.53. The number of hydrogen-bond donors (Lipinski definition) is 0. The Morgan fingerprint density at radius 2 is 1.67 bits per heavy atom. The van der Waals surface area contributed by atoms with Crippen molar-refractivity contribution in [3.63, 3.8) is 0 Å². The molecule has 0 aromatic rings. The third kappa shape index (κ3) is 3.08. The van der Waals surface area contributed by atoms with E-state index in [0.29, 0.717) is 29.5 Å². The van der Waals surface area contributed by atoms with Gasteiger partial charge in [0.15, 0.2) is 0 Å². The Labute approximate surface area is 132 Å². The summed E-state index contributed by atoms with van der Waals surface area (Å²) in [5.74, 6) is 4.58. The lowest BCUT2D eigenvalue weighted by atomic mass is 9.50. The van der Waals surface area contributed by atoms with Crippen molar-refractivity contribution in [2.75, 3.05) is 0 Å². The standard InChI is InChI=1S/C20H36O/c1-13(2)17-8-7-15(5)11-18(17)20(14(3)4)10-9-16(6)12-19(20)21/h13-18H,7-12H2,1-6H3. The van der Waals surface area contributed by atoms with Crippen molar-refractivity contribution in [1.29, 1.82) is 0 Å². The van der Waals surface area contributed by atoms with Gasteiger partial charge in [0.1, 0.15) is 5.78 Å². The van der Waals surface area contributed by atoms with Gasteiger partial charge < -0.3 is 0 Å². The molecule has 5 unspecified atom stereocenters. The zero-order valence-corrected chi connectivity index (χ0v) is 15.1. The molecule has 122 valence electrons. The van der Waals surface area contributed by atoms with Gasteiger partial charge in [-0.3, -0.25) is 4.79 Å². The van der Waals surface area contributed by atoms with E-state index in [1.54, 1.807) is 0 Å². The van der Waals surface area contributed by atoms with Crippen molar-refractivity contribution < 1.29 is 4.79 Å². The van der Waals surface area contributed by atoms with Crippen molar-refractivity contribution in [1.82, 2.24) is 0 Å². The predicted octanol–water partition coefficient (Wildman–Crippen LogP) is 5.73. The molecule has 0 spiro atoms. The molecule has 2 rings (SSSR count). The first-order valence-electron chi connectivity index (χ1n) is 9.32. The van der Waals surface area contributed by atoms with Crippen LogP contribution in [-0.4, -0.2) is 5.78 Å². The van der Waals surface area contributed by atoms with Gasteiger partial charge in [-0.2, -0.15) is 0 Å². The summed E-state index contributed by atoms with van der Waals surface area (Å²) in [6.45, 7) is 14.0. The van der Waals surface area contributed by atoms with E-state index in [1.807, 2.05) is 0 Å². The first kappa shape index (κ1) is 17.0. The van der Waals surface area contributed by atoms with Crippen LogP contribution in [0.2, 0.25) is 0 Å². The highest BCUT2D eigenvalue weighted by molar-refractivity contribution is 5.86. The van der Waals surface area contributed by atoms with Gasteiger partial charge in [-0.05, 0) is 61.2 Å². The molecule has 0 aromatic carbocycles. The Morgan fingerprint density at radius 3 is 2.19 bits per heavy atom. The number of Topliss-reactive ketones (excluding diaryl/α,β-unsaturated/α-hetero) is 1. The lowest BCUT2D eigenvalue weighted by molar-refractivity contribution is -0.146. The van der Waals surface area contributed by atoms with Crippen LogP contribution in [0, 0.1) is 40.9 Å². The van der Waals surface area contributed by atoms with Crippen molar-refractivity contribution >= 4 is 5.78 Å². The number of carbonyl (C=O) groups is 1. The fourth-order valence-electron chi connectivity index (χ4n) is 5.46. The molecular formula is C20H36O. The fraction of sp³-hybridized carbons (Fsp3) is 0.950. The molecule has 0 amide bonds. The maximum atomic E-state index is 13.1. The summed E-state index contributed by atoms with van der Waals surface area (Å²) in [5.41, 5.74) is -0.0177. The second-order valence-corrected chi connectivity index (χ2v) is 8.90. The predicted molar refractivity (Wildman–Crippen MR) is 90.1 cm³/mol. The summed E-state index contributed by atoms with van der Waals surface area (Å²) >= 11 is 0. The maximum Gasteiger partial charge on any atom is 0.139 e. The quantitative estimate of drug-likeness (QED) is 0.649. The van der Waals surface area contributed by atoms with Gasteiger partial charge in [0.25, 0.3) is 0 Å². The van der Waals surface area contributed by atoms with Crippen molar-refractivity contribution in [3.05, 3.63) is 0 Å². The minimum absolute atomic E-state index is 0.0177. The summed E-state index contributed by atoms with van der Waals surface area (Å²) in [6.07, 6.45) is 7.19. The Balaban J connectivity index is 2.37. The normalized spacial score (nSPS) is 41.8. The van der Waals surface area contributed by atoms with Crippen molar-refractivity contribution in [3.8, 4) is 0 Å². The van der Waals surface area contributed by atoms with E-state index < -0.39 is 0 Å². The van der Waals surface area contributed by atoms with Crippen LogP contribution in [0.1, 0.15) is 80.1 Å². The van der Waals surface area contributed by atoms with Gasteiger partial charge in [-0.15, -0.1) is 0 Å². The minimum atomic E-state index is -0.0177. The third-order valence-corrected chi connectivity index (χ3v) is 6.82. The van der Waals surface area contributed by atoms with E-state index in [0.717, 1.165) is 24.7 Å². The summed E-state index contributed by atoms with van der Waals surface area (Å²) in [7, 11) is 0. The highest BCUT2D eigenvalue weighted by Gasteiger charge is 2.53. The summed E-state index contributed by atoms with van der Waals surface area (Å²) in [5, 5.41) is 0. The summed E-state index contributed by atoms with van der Waals surface area (Å²) < 4.78 is 0. The molecule has 0 N–H and O–H groups in total. The van der Waals surface area contributed by atoms with Gasteiger partial charge in [0, 0.05) is 11.8 Å². The molecule has 0 bridgehead atoms. The van der Waals surface area contributed by atoms with Crippen LogP contribution in [0.5, 0.6) is 0 Å². The number of carbonyl (C=O) groups excluding carboxylic acids is 1. The Hall–Kier alpha value is -0.330. The third-order valence-electron chi connectivity index (χ3n) is 6.82. The zero-order valence-electron chi connectivity index (χ0n) is 15.1. The molecular weight excluding hydrogens is 256 g/mol. The zero-order chi connectivity index (χ0) is 15.8. The van der Waals surface area contributed by atoms with E-state index >= 15 is 0 Å². The van der Waals surface area contributed by atoms with Gasteiger partial charge in [0.2, 0.25) is 0 Å². The molecule has 0 saturated heterocycles. The van der Waals surface area contributed by atoms with E-state index in [-0.39, 0.29) is 5.41 Å². The molecule has 21 heavy (non-hydrogen) atoms. The molecule has 2 saturated carbocycles. The monoisotopic (exact) mass is 292 g/mol. The molecule has 0 aliphatic heterocycles. The lowest BCUT2D eigenvalue weighted by Crippen LogP contribution is -2.51. The van der Waals surface area contributed by atoms with Gasteiger partial charge in [-0.25, -0.2) is 0 Å². The Morgan fingerprint density at radius 1 is 1.00 bits per heavy atom. The molecule has 0 aromatic heterocycles. The van der Waals surface area contributed by atoms with E-state index in [1.165, 1.54) is 25.7 Å². The van der Waals surface area contributed by atoms with Gasteiger partial charge >= 0.3 is 0 Å². The van der Waals surface area contributed by atoms with Crippen molar-refractivity contribution in [2.24, 2.45) is 40.9 Å². The van der Waals surface area contributed by atoms with Crippen LogP contribution in [-0.2, 0) is 4.79 Å². The Bertz CT molecular complexity index is 370. The average molecular weight is 293 g/mol. The second kappa shape index (κ2) is 6.42. The van der Waals surface area contributed by atoms with Crippen LogP contribution in [0.15, 0.2) is 0 Å². The van der Waals surface area contributed by atoms with E-state index in [2.05, 4.69) is 41.5 Å². The van der Waals surface area contributed by atoms with Gasteiger partial charge in [-0.1, -0.05) is 48.0 Å². The topological polar surface area (TPSA) is 17.1 Å². The second-order valence-electron chi connectivity index (χ2n) is 8.90. The highest BCUT2D eigenvalue weighted by atomic mass is 16.1. The van der Waals surface area contributed by atoms with E-state index in [4.69, 9.17) is 0 Å². The molecule has 0 heterocycles. The van der Waals surface area contributed by atoms with E-state index in [9.17, 15) is 4.79 Å². The number of ketones is 1. The van der Waals surface area contributed by atoms with Crippen molar-refractivity contribution in [2.45, 2.75) is 80.1 Å². The molecule has 2 aliphatic carbocycles. The summed E-state index contributed by atoms with van der Waals surface area (Å²) in [4.78, 5) is 13.1. The SMILES string of the molecule is CC1CCC(C(C)C)(C2CC(C)CCC2C(C)C)C(=O)C1. The maximum absolute atomic E-state index is 13.1. The number of rotatable bonds is 3. The fourth-order valence-corrected chi connectivity index (χ4v) is 5.46. The Kier molecular flexibility index (Phi) is 5.21. The largest absolute Gasteiger partial charge is 0.299 e. The molecule has 2 fully saturated rings. The average Bonchev–Trinajstić information content (AvgIpc) is 2.38. The summed E-state index contributed by atoms with van der Waals surface area (Å²) in [6, 6.07) is 0. The van der Waals surface area contributed by atoms with Crippen LogP contribution in [0.25, 0.3) is 0 Å². The smallest absolute Gasteiger partial charge is 0.139 e.